The Hall–Kier alpha value is 0.150. The Balaban J connectivity index is 3.98. The molecule has 0 aromatic rings. The summed E-state index contributed by atoms with van der Waals surface area (Å²) >= 11 is 0. The monoisotopic (exact) mass is 194 g/mol. The van der Waals surface area contributed by atoms with Crippen molar-refractivity contribution in [3.63, 3.8) is 0 Å². The van der Waals surface area contributed by atoms with Crippen LogP contribution in [0.3, 0.4) is 0 Å². The average Bonchev–Trinajstić information content (AvgIpc) is 1.85. The van der Waals surface area contributed by atoms with Crippen LogP contribution >= 0.6 is 7.37 Å². The van der Waals surface area contributed by atoms with Gasteiger partial charge in [-0.15, -0.1) is 0 Å². The van der Waals surface area contributed by atoms with Crippen LogP contribution in [-0.4, -0.2) is 30.1 Å². The van der Waals surface area contributed by atoms with Crippen LogP contribution < -0.4 is 0 Å². The molecular formula is C8H19O3P. The van der Waals surface area contributed by atoms with Crippen molar-refractivity contribution in [3.8, 4) is 0 Å². The van der Waals surface area contributed by atoms with Gasteiger partial charge in [0.05, 0.1) is 6.61 Å². The zero-order valence-corrected chi connectivity index (χ0v) is 9.23. The molecule has 0 amide bonds. The van der Waals surface area contributed by atoms with Crippen LogP contribution in [-0.2, 0) is 9.09 Å². The second-order valence-electron chi connectivity index (χ2n) is 3.93. The molecule has 0 aromatic heterocycles. The summed E-state index contributed by atoms with van der Waals surface area (Å²) in [6, 6.07) is 0. The summed E-state index contributed by atoms with van der Waals surface area (Å²) in [6.45, 7) is 7.79. The summed E-state index contributed by atoms with van der Waals surface area (Å²) in [5, 5.41) is 8.19. The standard InChI is InChI=1S/C8H19O3P/c1-8(2,3)12(4,10)11-7-5-6-9/h9H,5-7H2,1-4H3. The molecule has 1 N–H and O–H groups in total. The maximum absolute atomic E-state index is 11.8. The van der Waals surface area contributed by atoms with Crippen LogP contribution in [0.15, 0.2) is 0 Å². The Labute approximate surface area is 74.6 Å². The Morgan fingerprint density at radius 3 is 2.25 bits per heavy atom. The maximum atomic E-state index is 11.8. The highest BCUT2D eigenvalue weighted by Gasteiger charge is 2.32. The normalized spacial score (nSPS) is 17.4. The molecule has 0 rings (SSSR count). The van der Waals surface area contributed by atoms with E-state index in [9.17, 15) is 4.57 Å². The topological polar surface area (TPSA) is 46.5 Å². The number of hydrogen-bond acceptors (Lipinski definition) is 3. The van der Waals surface area contributed by atoms with Gasteiger partial charge in [0, 0.05) is 18.4 Å². The molecule has 0 spiro atoms. The molecule has 12 heavy (non-hydrogen) atoms. The van der Waals surface area contributed by atoms with Crippen molar-refractivity contribution < 1.29 is 14.2 Å². The number of hydrogen-bond donors (Lipinski definition) is 1. The van der Waals surface area contributed by atoms with Gasteiger partial charge in [-0.1, -0.05) is 20.8 Å². The van der Waals surface area contributed by atoms with E-state index in [2.05, 4.69) is 0 Å². The van der Waals surface area contributed by atoms with Crippen LogP contribution in [0.2, 0.25) is 0 Å². The van der Waals surface area contributed by atoms with E-state index in [1.54, 1.807) is 6.66 Å². The molecule has 0 heterocycles. The molecule has 0 fully saturated rings. The van der Waals surface area contributed by atoms with Gasteiger partial charge in [0.15, 0.2) is 0 Å². The fraction of sp³-hybridized carbons (Fsp3) is 1.00. The van der Waals surface area contributed by atoms with Gasteiger partial charge in [-0.25, -0.2) is 0 Å². The van der Waals surface area contributed by atoms with E-state index in [1.807, 2.05) is 20.8 Å². The second-order valence-corrected chi connectivity index (χ2v) is 7.22. The predicted octanol–water partition coefficient (Wildman–Crippen LogP) is 2.09. The van der Waals surface area contributed by atoms with Gasteiger partial charge in [-0.2, -0.15) is 0 Å². The quantitative estimate of drug-likeness (QED) is 0.550. The summed E-state index contributed by atoms with van der Waals surface area (Å²) in [7, 11) is -2.52. The highest BCUT2D eigenvalue weighted by molar-refractivity contribution is 7.59. The first kappa shape index (κ1) is 12.2. The lowest BCUT2D eigenvalue weighted by Gasteiger charge is -2.27. The summed E-state index contributed by atoms with van der Waals surface area (Å²) in [5.74, 6) is 0. The third kappa shape index (κ3) is 3.70. The smallest absolute Gasteiger partial charge is 0.205 e. The summed E-state index contributed by atoms with van der Waals surface area (Å²) in [5.41, 5.74) is 0. The molecule has 0 aliphatic heterocycles. The molecule has 0 aromatic carbocycles. The lowest BCUT2D eigenvalue weighted by molar-refractivity contribution is 0.231. The molecule has 0 aliphatic rings. The van der Waals surface area contributed by atoms with E-state index in [0.717, 1.165) is 0 Å². The summed E-state index contributed by atoms with van der Waals surface area (Å²) in [6.07, 6.45) is 0.550. The molecule has 0 aliphatic carbocycles. The van der Waals surface area contributed by atoms with Crippen LogP contribution in [0.1, 0.15) is 27.2 Å². The molecular weight excluding hydrogens is 175 g/mol. The molecule has 3 nitrogen and oxygen atoms in total. The zero-order chi connectivity index (χ0) is 9.83. The van der Waals surface area contributed by atoms with Gasteiger partial charge in [-0.3, -0.25) is 4.57 Å². The summed E-state index contributed by atoms with van der Waals surface area (Å²) < 4.78 is 17.0. The molecule has 0 bridgehead atoms. The molecule has 0 saturated heterocycles. The highest BCUT2D eigenvalue weighted by Crippen LogP contribution is 2.55. The fourth-order valence-electron chi connectivity index (χ4n) is 0.497. The van der Waals surface area contributed by atoms with Crippen LogP contribution in [0.5, 0.6) is 0 Å². The number of aliphatic hydroxyl groups excluding tert-OH is 1. The Morgan fingerprint density at radius 1 is 1.42 bits per heavy atom. The van der Waals surface area contributed by atoms with Crippen molar-refractivity contribution in [2.45, 2.75) is 32.3 Å². The van der Waals surface area contributed by atoms with Crippen LogP contribution in [0, 0.1) is 0 Å². The molecule has 4 heteroatoms. The largest absolute Gasteiger partial charge is 0.396 e. The van der Waals surface area contributed by atoms with E-state index < -0.39 is 7.37 Å². The van der Waals surface area contributed by atoms with E-state index >= 15 is 0 Å². The van der Waals surface area contributed by atoms with Gasteiger partial charge in [0.1, 0.15) is 0 Å². The summed E-state index contributed by atoms with van der Waals surface area (Å²) in [4.78, 5) is 0. The first-order valence-corrected chi connectivity index (χ1v) is 6.21. The van der Waals surface area contributed by atoms with E-state index in [0.29, 0.717) is 13.0 Å². The van der Waals surface area contributed by atoms with Gasteiger partial charge < -0.3 is 9.63 Å². The molecule has 1 unspecified atom stereocenters. The first-order valence-electron chi connectivity index (χ1n) is 4.14. The molecule has 1 atom stereocenters. The lowest BCUT2D eigenvalue weighted by Crippen LogP contribution is -2.16. The number of aliphatic hydroxyl groups is 1. The second kappa shape index (κ2) is 4.40. The third-order valence-electron chi connectivity index (χ3n) is 1.86. The van der Waals surface area contributed by atoms with Gasteiger partial charge in [0.25, 0.3) is 0 Å². The van der Waals surface area contributed by atoms with E-state index in [1.165, 1.54) is 0 Å². The number of rotatable bonds is 4. The van der Waals surface area contributed by atoms with Crippen molar-refractivity contribution in [2.24, 2.45) is 0 Å². The fourth-order valence-corrected chi connectivity index (χ4v) is 1.36. The predicted molar refractivity (Wildman–Crippen MR) is 50.9 cm³/mol. The highest BCUT2D eigenvalue weighted by atomic mass is 31.2. The van der Waals surface area contributed by atoms with Gasteiger partial charge in [0.2, 0.25) is 7.37 Å². The zero-order valence-electron chi connectivity index (χ0n) is 8.33. The molecule has 74 valence electrons. The van der Waals surface area contributed by atoms with Crippen LogP contribution in [0.25, 0.3) is 0 Å². The first-order chi connectivity index (χ1) is 5.31. The van der Waals surface area contributed by atoms with E-state index in [4.69, 9.17) is 9.63 Å². The SMILES string of the molecule is CC(C)(C)P(C)(=O)OCCCO. The van der Waals surface area contributed by atoms with Crippen molar-refractivity contribution in [2.75, 3.05) is 19.9 Å². The van der Waals surface area contributed by atoms with Crippen molar-refractivity contribution >= 4 is 7.37 Å². The van der Waals surface area contributed by atoms with Crippen molar-refractivity contribution in [3.05, 3.63) is 0 Å². The lowest BCUT2D eigenvalue weighted by atomic mass is 10.3. The minimum Gasteiger partial charge on any atom is -0.396 e. The Kier molecular flexibility index (Phi) is 4.46. The van der Waals surface area contributed by atoms with Gasteiger partial charge >= 0.3 is 0 Å². The van der Waals surface area contributed by atoms with Crippen molar-refractivity contribution in [1.29, 1.82) is 0 Å². The minimum absolute atomic E-state index is 0.0874. The van der Waals surface area contributed by atoms with Gasteiger partial charge in [-0.05, 0) is 6.42 Å². The third-order valence-corrected chi connectivity index (χ3v) is 4.97. The molecule has 0 saturated carbocycles. The van der Waals surface area contributed by atoms with Crippen LogP contribution in [0.4, 0.5) is 0 Å². The van der Waals surface area contributed by atoms with E-state index in [-0.39, 0.29) is 11.8 Å². The van der Waals surface area contributed by atoms with Crippen molar-refractivity contribution in [1.82, 2.24) is 0 Å². The maximum Gasteiger partial charge on any atom is 0.205 e. The minimum atomic E-state index is -2.52. The Morgan fingerprint density at radius 2 is 1.92 bits per heavy atom. The molecule has 0 radical (unpaired) electrons. The Bertz CT molecular complexity index is 172. The average molecular weight is 194 g/mol.